The summed E-state index contributed by atoms with van der Waals surface area (Å²) >= 11 is 3.29. The Labute approximate surface area is 133 Å². The summed E-state index contributed by atoms with van der Waals surface area (Å²) in [5, 5.41) is 0. The number of nitrogens with two attached hydrogens (primary N) is 1. The third kappa shape index (κ3) is 3.03. The Hall–Kier alpha value is -0.830. The van der Waals surface area contributed by atoms with Gasteiger partial charge in [-0.1, -0.05) is 6.92 Å². The van der Waals surface area contributed by atoms with Gasteiger partial charge in [-0.05, 0) is 27.9 Å². The summed E-state index contributed by atoms with van der Waals surface area (Å²) in [4.78, 5) is 0.154. The van der Waals surface area contributed by atoms with Crippen molar-refractivity contribution in [1.29, 1.82) is 0 Å². The van der Waals surface area contributed by atoms with Crippen molar-refractivity contribution in [3.63, 3.8) is 0 Å². The number of hydrogen-bond donors (Lipinski definition) is 1. The number of rotatable bonds is 4. The van der Waals surface area contributed by atoms with E-state index in [1.54, 1.807) is 6.07 Å². The Morgan fingerprint density at radius 1 is 1.24 bits per heavy atom. The first-order valence-corrected chi connectivity index (χ1v) is 8.71. The minimum Gasteiger partial charge on any atom is -0.493 e. The maximum Gasteiger partial charge on any atom is 0.244 e. The minimum absolute atomic E-state index is 0.138. The zero-order valence-electron chi connectivity index (χ0n) is 12.2. The first kappa shape index (κ1) is 16.5. The number of sulfonamides is 1. The van der Waals surface area contributed by atoms with Crippen LogP contribution in [0.15, 0.2) is 21.5 Å². The number of ether oxygens (including phenoxy) is 2. The van der Waals surface area contributed by atoms with Gasteiger partial charge in [0.1, 0.15) is 4.90 Å². The van der Waals surface area contributed by atoms with Gasteiger partial charge in [0.05, 0.1) is 14.2 Å². The summed E-state index contributed by atoms with van der Waals surface area (Å²) < 4.78 is 37.7. The normalized spacial score (nSPS) is 23.3. The molecular formula is C13H19BrN2O4S. The highest BCUT2D eigenvalue weighted by molar-refractivity contribution is 9.10. The van der Waals surface area contributed by atoms with Crippen molar-refractivity contribution in [2.45, 2.75) is 17.9 Å². The molecule has 21 heavy (non-hydrogen) atoms. The van der Waals surface area contributed by atoms with Crippen LogP contribution in [0.5, 0.6) is 11.5 Å². The van der Waals surface area contributed by atoms with Gasteiger partial charge in [-0.15, -0.1) is 0 Å². The molecule has 2 unspecified atom stereocenters. The van der Waals surface area contributed by atoms with Gasteiger partial charge < -0.3 is 15.2 Å². The molecule has 2 N–H and O–H groups in total. The van der Waals surface area contributed by atoms with E-state index in [-0.39, 0.29) is 16.9 Å². The Balaban J connectivity index is 2.45. The monoisotopic (exact) mass is 378 g/mol. The van der Waals surface area contributed by atoms with E-state index in [1.165, 1.54) is 24.6 Å². The van der Waals surface area contributed by atoms with E-state index in [2.05, 4.69) is 15.9 Å². The average Bonchev–Trinajstić information content (AvgIpc) is 2.78. The molecular weight excluding hydrogens is 360 g/mol. The smallest absolute Gasteiger partial charge is 0.244 e. The molecule has 2 atom stereocenters. The molecule has 1 aromatic rings. The number of methoxy groups -OCH3 is 2. The lowest BCUT2D eigenvalue weighted by molar-refractivity contribution is 0.353. The highest BCUT2D eigenvalue weighted by atomic mass is 79.9. The fourth-order valence-electron chi connectivity index (χ4n) is 2.31. The molecule has 8 heteroatoms. The molecule has 1 fully saturated rings. The summed E-state index contributed by atoms with van der Waals surface area (Å²) in [6.45, 7) is 2.69. The third-order valence-electron chi connectivity index (χ3n) is 3.69. The summed E-state index contributed by atoms with van der Waals surface area (Å²) in [5.41, 5.74) is 5.92. The minimum atomic E-state index is -3.62. The quantitative estimate of drug-likeness (QED) is 0.856. The Bertz CT molecular complexity index is 625. The Morgan fingerprint density at radius 3 is 2.29 bits per heavy atom. The predicted molar refractivity (Wildman–Crippen MR) is 83.1 cm³/mol. The van der Waals surface area contributed by atoms with Gasteiger partial charge in [-0.2, -0.15) is 4.31 Å². The highest BCUT2D eigenvalue weighted by Gasteiger charge is 2.36. The van der Waals surface area contributed by atoms with Crippen LogP contribution >= 0.6 is 15.9 Å². The molecule has 0 aromatic heterocycles. The van der Waals surface area contributed by atoms with Crippen LogP contribution in [-0.2, 0) is 10.0 Å². The van der Waals surface area contributed by atoms with Crippen molar-refractivity contribution in [3.8, 4) is 11.5 Å². The van der Waals surface area contributed by atoms with Crippen molar-refractivity contribution in [1.82, 2.24) is 4.31 Å². The first-order chi connectivity index (χ1) is 9.81. The van der Waals surface area contributed by atoms with Crippen molar-refractivity contribution >= 4 is 26.0 Å². The lowest BCUT2D eigenvalue weighted by Gasteiger charge is -2.18. The standard InChI is InChI=1S/C13H19BrN2O4S/c1-8-6-16(7-10(8)15)21(17,18)13-5-12(20-3)11(19-2)4-9(13)14/h4-5,8,10H,6-7,15H2,1-3H3. The molecule has 0 aliphatic carbocycles. The number of hydrogen-bond acceptors (Lipinski definition) is 5. The van der Waals surface area contributed by atoms with E-state index < -0.39 is 10.0 Å². The maximum absolute atomic E-state index is 12.8. The van der Waals surface area contributed by atoms with Crippen LogP contribution in [0.25, 0.3) is 0 Å². The van der Waals surface area contributed by atoms with Crippen molar-refractivity contribution in [3.05, 3.63) is 16.6 Å². The molecule has 0 spiro atoms. The summed E-state index contributed by atoms with van der Waals surface area (Å²) in [6.07, 6.45) is 0. The topological polar surface area (TPSA) is 81.9 Å². The molecule has 2 rings (SSSR count). The molecule has 1 aromatic carbocycles. The molecule has 0 saturated carbocycles. The summed E-state index contributed by atoms with van der Waals surface area (Å²) in [7, 11) is -0.654. The number of benzene rings is 1. The Morgan fingerprint density at radius 2 is 1.81 bits per heavy atom. The van der Waals surface area contributed by atoms with E-state index in [0.717, 1.165) is 0 Å². The van der Waals surface area contributed by atoms with Gasteiger partial charge >= 0.3 is 0 Å². The maximum atomic E-state index is 12.8. The van der Waals surface area contributed by atoms with E-state index >= 15 is 0 Å². The summed E-state index contributed by atoms with van der Waals surface area (Å²) in [6, 6.07) is 2.91. The third-order valence-corrected chi connectivity index (χ3v) is 6.48. The zero-order chi connectivity index (χ0) is 15.8. The second-order valence-electron chi connectivity index (χ2n) is 5.10. The fraction of sp³-hybridized carbons (Fsp3) is 0.538. The molecule has 6 nitrogen and oxygen atoms in total. The van der Waals surface area contributed by atoms with E-state index in [9.17, 15) is 8.42 Å². The van der Waals surface area contributed by atoms with Gasteiger partial charge in [0.25, 0.3) is 0 Å². The number of nitrogens with zero attached hydrogens (tertiary/aromatic N) is 1. The SMILES string of the molecule is COc1cc(Br)c(S(=O)(=O)N2CC(C)C(N)C2)cc1OC. The van der Waals surface area contributed by atoms with E-state index in [4.69, 9.17) is 15.2 Å². The van der Waals surface area contributed by atoms with Crippen molar-refractivity contribution in [2.75, 3.05) is 27.3 Å². The molecule has 1 heterocycles. The van der Waals surface area contributed by atoms with Gasteiger partial charge in [-0.3, -0.25) is 0 Å². The highest BCUT2D eigenvalue weighted by Crippen LogP contribution is 2.37. The van der Waals surface area contributed by atoms with Gasteiger partial charge in [0.2, 0.25) is 10.0 Å². The lowest BCUT2D eigenvalue weighted by Crippen LogP contribution is -2.32. The van der Waals surface area contributed by atoms with Crippen LogP contribution in [0.2, 0.25) is 0 Å². The largest absolute Gasteiger partial charge is 0.493 e. The first-order valence-electron chi connectivity index (χ1n) is 6.48. The van der Waals surface area contributed by atoms with Gasteiger partial charge in [0, 0.05) is 29.7 Å². The van der Waals surface area contributed by atoms with Crippen molar-refractivity contribution < 1.29 is 17.9 Å². The fourth-order valence-corrected chi connectivity index (χ4v) is 4.89. The van der Waals surface area contributed by atoms with Gasteiger partial charge in [-0.25, -0.2) is 8.42 Å². The lowest BCUT2D eigenvalue weighted by atomic mass is 10.1. The number of halogens is 1. The molecule has 1 aliphatic rings. The van der Waals surface area contributed by atoms with Crippen LogP contribution in [0.3, 0.4) is 0 Å². The molecule has 1 aliphatic heterocycles. The molecule has 0 bridgehead atoms. The average molecular weight is 379 g/mol. The van der Waals surface area contributed by atoms with Crippen LogP contribution in [0.1, 0.15) is 6.92 Å². The second kappa shape index (κ2) is 6.12. The van der Waals surface area contributed by atoms with Gasteiger partial charge in [0.15, 0.2) is 11.5 Å². The molecule has 0 amide bonds. The predicted octanol–water partition coefficient (Wildman–Crippen LogP) is 1.43. The van der Waals surface area contributed by atoms with Crippen LogP contribution in [-0.4, -0.2) is 46.1 Å². The molecule has 0 radical (unpaired) electrons. The summed E-state index contributed by atoms with van der Waals surface area (Å²) in [5.74, 6) is 0.976. The van der Waals surface area contributed by atoms with Crippen molar-refractivity contribution in [2.24, 2.45) is 11.7 Å². The van der Waals surface area contributed by atoms with Crippen LogP contribution in [0, 0.1) is 5.92 Å². The van der Waals surface area contributed by atoms with Crippen LogP contribution in [0.4, 0.5) is 0 Å². The zero-order valence-corrected chi connectivity index (χ0v) is 14.6. The van der Waals surface area contributed by atoms with E-state index in [1.807, 2.05) is 6.92 Å². The Kier molecular flexibility index (Phi) is 4.82. The van der Waals surface area contributed by atoms with Crippen LogP contribution < -0.4 is 15.2 Å². The molecule has 118 valence electrons. The molecule has 1 saturated heterocycles. The second-order valence-corrected chi connectivity index (χ2v) is 7.86. The van der Waals surface area contributed by atoms with E-state index in [0.29, 0.717) is 29.1 Å².